The lowest BCUT2D eigenvalue weighted by atomic mass is 10.1. The van der Waals surface area contributed by atoms with Crippen LogP contribution in [0, 0.1) is 0 Å². The molecule has 2 aromatic carbocycles. The van der Waals surface area contributed by atoms with Crippen LogP contribution in [0.3, 0.4) is 0 Å². The number of sulfonamides is 1. The van der Waals surface area contributed by atoms with Gasteiger partial charge in [0.25, 0.3) is 15.9 Å². The number of furan rings is 1. The first-order valence-electron chi connectivity index (χ1n) is 9.16. The Kier molecular flexibility index (Phi) is 5.13. The van der Waals surface area contributed by atoms with Gasteiger partial charge < -0.3 is 18.8 Å². The molecule has 1 N–H and O–H groups in total. The summed E-state index contributed by atoms with van der Waals surface area (Å²) in [6.07, 6.45) is 2.12. The Morgan fingerprint density at radius 2 is 1.93 bits per heavy atom. The molecule has 0 radical (unpaired) electrons. The number of anilines is 2. The van der Waals surface area contributed by atoms with Gasteiger partial charge in [0, 0.05) is 18.3 Å². The van der Waals surface area contributed by atoms with Gasteiger partial charge in [-0.25, -0.2) is 8.42 Å². The molecule has 0 bridgehead atoms. The molecule has 1 aliphatic heterocycles. The zero-order valence-electron chi connectivity index (χ0n) is 16.4. The van der Waals surface area contributed by atoms with Crippen molar-refractivity contribution in [3.63, 3.8) is 0 Å². The fourth-order valence-corrected chi connectivity index (χ4v) is 4.60. The van der Waals surface area contributed by atoms with E-state index in [2.05, 4.69) is 4.72 Å². The molecule has 0 atom stereocenters. The normalized spacial score (nSPS) is 13.1. The number of fused-ring (bicyclic) bond motifs is 1. The first-order valence-corrected chi connectivity index (χ1v) is 10.6. The molecule has 0 unspecified atom stereocenters. The van der Waals surface area contributed by atoms with E-state index in [1.807, 2.05) is 6.07 Å². The third-order valence-corrected chi connectivity index (χ3v) is 6.29. The fraction of sp³-hybridized carbons (Fsp3) is 0.190. The number of hydrogen-bond donors (Lipinski definition) is 1. The summed E-state index contributed by atoms with van der Waals surface area (Å²) in [7, 11) is -1.05. The lowest BCUT2D eigenvalue weighted by Gasteiger charge is -2.17. The summed E-state index contributed by atoms with van der Waals surface area (Å²) in [6, 6.07) is 12.8. The van der Waals surface area contributed by atoms with E-state index >= 15 is 0 Å². The number of hydrogen-bond acceptors (Lipinski definition) is 6. The highest BCUT2D eigenvalue weighted by molar-refractivity contribution is 7.92. The average molecular weight is 428 g/mol. The van der Waals surface area contributed by atoms with E-state index in [1.165, 1.54) is 32.6 Å². The highest BCUT2D eigenvalue weighted by Gasteiger charge is 2.28. The second kappa shape index (κ2) is 7.75. The third kappa shape index (κ3) is 3.59. The summed E-state index contributed by atoms with van der Waals surface area (Å²) in [5.74, 6) is 0.612. The van der Waals surface area contributed by atoms with Crippen LogP contribution in [0.2, 0.25) is 0 Å². The molecule has 2 heterocycles. The number of rotatable bonds is 6. The summed E-state index contributed by atoms with van der Waals surface area (Å²) < 4.78 is 44.0. The Labute approximate surface area is 174 Å². The van der Waals surface area contributed by atoms with Crippen LogP contribution in [0.15, 0.2) is 64.1 Å². The minimum Gasteiger partial charge on any atom is -0.497 e. The number of amides is 1. The second-order valence-corrected chi connectivity index (χ2v) is 8.30. The maximum atomic E-state index is 13.0. The number of carbonyl (C=O) groups excluding carboxylic acids is 1. The van der Waals surface area contributed by atoms with Crippen molar-refractivity contribution in [2.75, 3.05) is 30.4 Å². The van der Waals surface area contributed by atoms with Crippen molar-refractivity contribution in [3.8, 4) is 11.5 Å². The molecular weight excluding hydrogens is 408 g/mol. The van der Waals surface area contributed by atoms with Crippen LogP contribution in [0.5, 0.6) is 11.5 Å². The monoisotopic (exact) mass is 428 g/mol. The zero-order valence-corrected chi connectivity index (χ0v) is 17.2. The number of nitrogens with zero attached hydrogens (tertiary/aromatic N) is 1. The minimum absolute atomic E-state index is 0.0187. The SMILES string of the molecule is COc1ccc(S(=O)(=O)Nc2ccc3c(c2)N(C(=O)c2ccco2)CC3)c(OC)c1. The summed E-state index contributed by atoms with van der Waals surface area (Å²) in [5.41, 5.74) is 1.95. The third-order valence-electron chi connectivity index (χ3n) is 4.87. The van der Waals surface area contributed by atoms with E-state index in [0.717, 1.165) is 5.56 Å². The summed E-state index contributed by atoms with van der Waals surface area (Å²) in [5, 5.41) is 0. The van der Waals surface area contributed by atoms with Gasteiger partial charge in [-0.05, 0) is 48.4 Å². The molecule has 30 heavy (non-hydrogen) atoms. The fourth-order valence-electron chi connectivity index (χ4n) is 3.39. The first-order chi connectivity index (χ1) is 14.4. The van der Waals surface area contributed by atoms with Crippen molar-refractivity contribution in [2.24, 2.45) is 0 Å². The van der Waals surface area contributed by atoms with E-state index in [0.29, 0.717) is 30.1 Å². The Morgan fingerprint density at radius 1 is 1.10 bits per heavy atom. The van der Waals surface area contributed by atoms with Crippen LogP contribution in [-0.2, 0) is 16.4 Å². The Morgan fingerprint density at radius 3 is 2.63 bits per heavy atom. The minimum atomic E-state index is -3.93. The summed E-state index contributed by atoms with van der Waals surface area (Å²) in [4.78, 5) is 14.3. The van der Waals surface area contributed by atoms with Gasteiger partial charge in [0.1, 0.15) is 16.4 Å². The standard InChI is InChI=1S/C21H20N2O6S/c1-27-16-7-8-20(19(13-16)28-2)30(25,26)22-15-6-5-14-9-10-23(17(14)12-15)21(24)18-4-3-11-29-18/h3-8,11-13,22H,9-10H2,1-2H3. The van der Waals surface area contributed by atoms with Crippen LogP contribution < -0.4 is 19.1 Å². The number of ether oxygens (including phenoxy) is 2. The number of carbonyl (C=O) groups is 1. The molecule has 9 heteroatoms. The van der Waals surface area contributed by atoms with Gasteiger partial charge in [-0.15, -0.1) is 0 Å². The van der Waals surface area contributed by atoms with Crippen molar-refractivity contribution >= 4 is 27.3 Å². The molecule has 1 aliphatic rings. The van der Waals surface area contributed by atoms with E-state index in [1.54, 1.807) is 35.2 Å². The number of nitrogens with one attached hydrogen (secondary N) is 1. The van der Waals surface area contributed by atoms with Crippen LogP contribution in [-0.4, -0.2) is 35.1 Å². The van der Waals surface area contributed by atoms with Gasteiger partial charge in [0.2, 0.25) is 0 Å². The molecule has 0 fully saturated rings. The second-order valence-electron chi connectivity index (χ2n) is 6.65. The van der Waals surface area contributed by atoms with Crippen LogP contribution in [0.25, 0.3) is 0 Å². The van der Waals surface area contributed by atoms with E-state index in [9.17, 15) is 13.2 Å². The van der Waals surface area contributed by atoms with Crippen LogP contribution in [0.4, 0.5) is 11.4 Å². The largest absolute Gasteiger partial charge is 0.497 e. The van der Waals surface area contributed by atoms with Crippen molar-refractivity contribution in [1.29, 1.82) is 0 Å². The van der Waals surface area contributed by atoms with Gasteiger partial charge in [0.05, 0.1) is 26.2 Å². The van der Waals surface area contributed by atoms with Crippen molar-refractivity contribution in [1.82, 2.24) is 0 Å². The van der Waals surface area contributed by atoms with E-state index in [4.69, 9.17) is 13.9 Å². The van der Waals surface area contributed by atoms with Crippen molar-refractivity contribution in [2.45, 2.75) is 11.3 Å². The van der Waals surface area contributed by atoms with Crippen LogP contribution >= 0.6 is 0 Å². The van der Waals surface area contributed by atoms with Gasteiger partial charge in [-0.1, -0.05) is 6.07 Å². The van der Waals surface area contributed by atoms with Crippen molar-refractivity contribution < 1.29 is 27.1 Å². The van der Waals surface area contributed by atoms with E-state index < -0.39 is 10.0 Å². The summed E-state index contributed by atoms with van der Waals surface area (Å²) >= 11 is 0. The molecule has 0 spiro atoms. The quantitative estimate of drug-likeness (QED) is 0.647. The van der Waals surface area contributed by atoms with Gasteiger partial charge in [-0.2, -0.15) is 0 Å². The molecular formula is C21H20N2O6S. The Bertz CT molecular complexity index is 1190. The molecule has 156 valence electrons. The molecule has 1 amide bonds. The Hall–Kier alpha value is -3.46. The van der Waals surface area contributed by atoms with Crippen LogP contribution in [0.1, 0.15) is 16.1 Å². The molecule has 4 rings (SSSR count). The lowest BCUT2D eigenvalue weighted by Crippen LogP contribution is -2.28. The van der Waals surface area contributed by atoms with Gasteiger partial charge in [-0.3, -0.25) is 9.52 Å². The molecule has 0 saturated carbocycles. The average Bonchev–Trinajstić information content (AvgIpc) is 3.42. The highest BCUT2D eigenvalue weighted by atomic mass is 32.2. The molecule has 3 aromatic rings. The van der Waals surface area contributed by atoms with E-state index in [-0.39, 0.29) is 22.3 Å². The first kappa shape index (κ1) is 19.8. The predicted octanol–water partition coefficient (Wildman–Crippen LogP) is 3.30. The van der Waals surface area contributed by atoms with Gasteiger partial charge >= 0.3 is 0 Å². The number of benzene rings is 2. The van der Waals surface area contributed by atoms with Crippen molar-refractivity contribution in [3.05, 3.63) is 66.1 Å². The number of methoxy groups -OCH3 is 2. The topological polar surface area (TPSA) is 98.1 Å². The van der Waals surface area contributed by atoms with Gasteiger partial charge in [0.15, 0.2) is 5.76 Å². The smallest absolute Gasteiger partial charge is 0.293 e. The Balaban J connectivity index is 1.64. The zero-order chi connectivity index (χ0) is 21.3. The lowest BCUT2D eigenvalue weighted by molar-refractivity contribution is 0.0963. The molecule has 0 saturated heterocycles. The predicted molar refractivity (Wildman–Crippen MR) is 111 cm³/mol. The molecule has 8 nitrogen and oxygen atoms in total. The maximum absolute atomic E-state index is 13.0. The summed E-state index contributed by atoms with van der Waals surface area (Å²) in [6.45, 7) is 0.497. The highest BCUT2D eigenvalue weighted by Crippen LogP contribution is 2.34. The molecule has 0 aliphatic carbocycles. The molecule has 1 aromatic heterocycles. The maximum Gasteiger partial charge on any atom is 0.293 e.